The molecule has 7 heteroatoms. The van der Waals surface area contributed by atoms with Gasteiger partial charge in [-0.3, -0.25) is 4.90 Å². The molecule has 1 aromatic heterocycles. The third kappa shape index (κ3) is 4.04. The Morgan fingerprint density at radius 2 is 1.73 bits per heavy atom. The van der Waals surface area contributed by atoms with Gasteiger partial charge in [-0.1, -0.05) is 32.9 Å². The molecule has 1 aliphatic heterocycles. The van der Waals surface area contributed by atoms with Crippen molar-refractivity contribution in [1.82, 2.24) is 14.9 Å². The van der Waals surface area contributed by atoms with Gasteiger partial charge in [0.1, 0.15) is 12.1 Å². The fourth-order valence-electron chi connectivity index (χ4n) is 3.13. The summed E-state index contributed by atoms with van der Waals surface area (Å²) in [5.41, 5.74) is 0.721. The van der Waals surface area contributed by atoms with Crippen LogP contribution in [-0.4, -0.2) is 41.0 Å². The maximum atomic E-state index is 14.9. The zero-order chi connectivity index (χ0) is 18.9. The number of benzene rings is 1. The molecular formula is C19H23BrF2N4. The van der Waals surface area contributed by atoms with Crippen LogP contribution in [0.3, 0.4) is 0 Å². The normalized spacial score (nSPS) is 16.2. The molecule has 26 heavy (non-hydrogen) atoms. The average molecular weight is 425 g/mol. The van der Waals surface area contributed by atoms with Crippen molar-refractivity contribution in [3.63, 3.8) is 0 Å². The Hall–Kier alpha value is -1.60. The van der Waals surface area contributed by atoms with Gasteiger partial charge in [-0.05, 0) is 22.0 Å². The summed E-state index contributed by atoms with van der Waals surface area (Å²) in [6.07, 6.45) is 1.43. The number of anilines is 1. The summed E-state index contributed by atoms with van der Waals surface area (Å²) in [6.45, 7) is 9.09. The number of aromatic nitrogens is 2. The molecule has 0 spiro atoms. The Kier molecular flexibility index (Phi) is 5.58. The van der Waals surface area contributed by atoms with Gasteiger partial charge < -0.3 is 4.90 Å². The quantitative estimate of drug-likeness (QED) is 0.740. The maximum absolute atomic E-state index is 14.9. The first kappa shape index (κ1) is 19.2. The van der Waals surface area contributed by atoms with E-state index in [9.17, 15) is 8.78 Å². The average Bonchev–Trinajstić information content (AvgIpc) is 2.59. The van der Waals surface area contributed by atoms with Crippen LogP contribution in [0.2, 0.25) is 0 Å². The molecule has 0 unspecified atom stereocenters. The number of piperazine rings is 1. The Labute approximate surface area is 161 Å². The third-order valence-electron chi connectivity index (χ3n) is 4.58. The number of nitrogens with zero attached hydrogens (tertiary/aromatic N) is 4. The van der Waals surface area contributed by atoms with Crippen LogP contribution in [0.25, 0.3) is 0 Å². The van der Waals surface area contributed by atoms with E-state index in [1.807, 2.05) is 31.7 Å². The van der Waals surface area contributed by atoms with E-state index in [-0.39, 0.29) is 17.0 Å². The second-order valence-electron chi connectivity index (χ2n) is 7.59. The van der Waals surface area contributed by atoms with E-state index in [0.717, 1.165) is 13.1 Å². The largest absolute Gasteiger partial charge is 0.352 e. The van der Waals surface area contributed by atoms with Gasteiger partial charge in [0, 0.05) is 43.7 Å². The fourth-order valence-corrected chi connectivity index (χ4v) is 3.54. The minimum absolute atomic E-state index is 0.216. The van der Waals surface area contributed by atoms with Gasteiger partial charge in [0.2, 0.25) is 0 Å². The van der Waals surface area contributed by atoms with Crippen LogP contribution in [0.1, 0.15) is 32.0 Å². The molecule has 0 bridgehead atoms. The van der Waals surface area contributed by atoms with Crippen molar-refractivity contribution in [2.24, 2.45) is 0 Å². The predicted molar refractivity (Wildman–Crippen MR) is 102 cm³/mol. The van der Waals surface area contributed by atoms with E-state index < -0.39 is 0 Å². The highest BCUT2D eigenvalue weighted by Gasteiger charge is 2.27. The zero-order valence-electron chi connectivity index (χ0n) is 15.3. The number of rotatable bonds is 3. The Morgan fingerprint density at radius 1 is 1.04 bits per heavy atom. The van der Waals surface area contributed by atoms with Crippen LogP contribution in [0.15, 0.2) is 29.0 Å². The lowest BCUT2D eigenvalue weighted by molar-refractivity contribution is 0.245. The van der Waals surface area contributed by atoms with Crippen molar-refractivity contribution in [3.05, 3.63) is 51.9 Å². The van der Waals surface area contributed by atoms with Crippen LogP contribution in [-0.2, 0) is 12.0 Å². The molecular weight excluding hydrogens is 402 g/mol. The number of hydrogen-bond donors (Lipinski definition) is 0. The summed E-state index contributed by atoms with van der Waals surface area (Å²) in [5.74, 6) is -0.198. The lowest BCUT2D eigenvalue weighted by atomic mass is 9.91. The fraction of sp³-hybridized carbons (Fsp3) is 0.474. The van der Waals surface area contributed by atoms with Gasteiger partial charge in [-0.25, -0.2) is 18.7 Å². The van der Waals surface area contributed by atoms with Crippen LogP contribution < -0.4 is 4.90 Å². The lowest BCUT2D eigenvalue weighted by Gasteiger charge is -2.36. The molecule has 2 aromatic rings. The van der Waals surface area contributed by atoms with Gasteiger partial charge >= 0.3 is 0 Å². The summed E-state index contributed by atoms with van der Waals surface area (Å²) in [7, 11) is 0. The van der Waals surface area contributed by atoms with Crippen molar-refractivity contribution in [2.75, 3.05) is 31.1 Å². The smallest absolute Gasteiger partial charge is 0.187 e. The van der Waals surface area contributed by atoms with Crippen molar-refractivity contribution in [3.8, 4) is 0 Å². The zero-order valence-corrected chi connectivity index (χ0v) is 16.9. The van der Waals surface area contributed by atoms with E-state index in [2.05, 4.69) is 30.8 Å². The molecule has 1 aliphatic rings. The van der Waals surface area contributed by atoms with E-state index in [4.69, 9.17) is 0 Å². The van der Waals surface area contributed by atoms with E-state index in [1.54, 1.807) is 12.1 Å². The summed E-state index contributed by atoms with van der Waals surface area (Å²) in [6, 6.07) is 5.33. The molecule has 0 N–H and O–H groups in total. The van der Waals surface area contributed by atoms with Crippen LogP contribution in [0, 0.1) is 11.6 Å². The second kappa shape index (κ2) is 7.56. The molecule has 140 valence electrons. The van der Waals surface area contributed by atoms with Crippen LogP contribution in [0.5, 0.6) is 0 Å². The summed E-state index contributed by atoms with van der Waals surface area (Å²) < 4.78 is 29.5. The summed E-state index contributed by atoms with van der Waals surface area (Å²) >= 11 is 3.22. The standard InChI is InChI=1S/C19H23BrF2N4/c1-19(2,3)17-16(22)18(24-12-23-17)26-9-7-25(8-10-26)11-13-5-4-6-14(20)15(13)21/h4-6,12H,7-11H2,1-3H3. The number of halogens is 3. The summed E-state index contributed by atoms with van der Waals surface area (Å²) in [5, 5.41) is 0. The Morgan fingerprint density at radius 3 is 2.38 bits per heavy atom. The van der Waals surface area contributed by atoms with Crippen LogP contribution in [0.4, 0.5) is 14.6 Å². The predicted octanol–water partition coefficient (Wildman–Crippen LogP) is 4.14. The van der Waals surface area contributed by atoms with Crippen molar-refractivity contribution in [1.29, 1.82) is 0 Å². The minimum Gasteiger partial charge on any atom is -0.352 e. The van der Waals surface area contributed by atoms with Gasteiger partial charge in [0.25, 0.3) is 0 Å². The second-order valence-corrected chi connectivity index (χ2v) is 8.44. The molecule has 1 aromatic carbocycles. The maximum Gasteiger partial charge on any atom is 0.187 e. The molecule has 0 saturated carbocycles. The van der Waals surface area contributed by atoms with Crippen LogP contribution >= 0.6 is 15.9 Å². The summed E-state index contributed by atoms with van der Waals surface area (Å²) in [4.78, 5) is 12.4. The van der Waals surface area contributed by atoms with Crippen molar-refractivity contribution in [2.45, 2.75) is 32.7 Å². The highest BCUT2D eigenvalue weighted by atomic mass is 79.9. The van der Waals surface area contributed by atoms with Crippen molar-refractivity contribution < 1.29 is 8.78 Å². The van der Waals surface area contributed by atoms with Gasteiger partial charge in [0.15, 0.2) is 11.6 Å². The monoisotopic (exact) mass is 424 g/mol. The molecule has 1 fully saturated rings. The first-order valence-corrected chi connectivity index (χ1v) is 9.48. The molecule has 3 rings (SSSR count). The SMILES string of the molecule is CC(C)(C)c1ncnc(N2CCN(Cc3cccc(Br)c3F)CC2)c1F. The number of hydrogen-bond acceptors (Lipinski definition) is 4. The molecule has 4 nitrogen and oxygen atoms in total. The molecule has 0 amide bonds. The van der Waals surface area contributed by atoms with Crippen molar-refractivity contribution >= 4 is 21.7 Å². The van der Waals surface area contributed by atoms with Gasteiger partial charge in [-0.15, -0.1) is 0 Å². The molecule has 0 atom stereocenters. The highest BCUT2D eigenvalue weighted by Crippen LogP contribution is 2.28. The molecule has 0 radical (unpaired) electrons. The first-order valence-electron chi connectivity index (χ1n) is 8.68. The molecule has 1 saturated heterocycles. The highest BCUT2D eigenvalue weighted by molar-refractivity contribution is 9.10. The minimum atomic E-state index is -0.373. The first-order chi connectivity index (χ1) is 12.3. The van der Waals surface area contributed by atoms with Gasteiger partial charge in [-0.2, -0.15) is 0 Å². The van der Waals surface area contributed by atoms with E-state index >= 15 is 0 Å². The topological polar surface area (TPSA) is 32.3 Å². The lowest BCUT2D eigenvalue weighted by Crippen LogP contribution is -2.46. The molecule has 2 heterocycles. The van der Waals surface area contributed by atoms with E-state index in [1.165, 1.54) is 6.33 Å². The molecule has 0 aliphatic carbocycles. The Balaban J connectivity index is 1.69. The van der Waals surface area contributed by atoms with Gasteiger partial charge in [0.05, 0.1) is 10.2 Å². The Bertz CT molecular complexity index is 784. The third-order valence-corrected chi connectivity index (χ3v) is 5.19. The van der Waals surface area contributed by atoms with E-state index in [0.29, 0.717) is 41.2 Å².